The maximum absolute atomic E-state index is 12.5. The highest BCUT2D eigenvalue weighted by atomic mass is 16.5. The molecule has 6 nitrogen and oxygen atoms in total. The summed E-state index contributed by atoms with van der Waals surface area (Å²) in [5, 5.41) is 0. The normalized spacial score (nSPS) is 11.1. The van der Waals surface area contributed by atoms with E-state index in [1.807, 2.05) is 30.3 Å². The number of hydrogen-bond acceptors (Lipinski definition) is 5. The van der Waals surface area contributed by atoms with Gasteiger partial charge in [-0.25, -0.2) is 9.78 Å². The maximum atomic E-state index is 12.5. The Morgan fingerprint density at radius 1 is 0.850 bits per heavy atom. The lowest BCUT2D eigenvalue weighted by Crippen LogP contribution is -2.26. The molecule has 4 aromatic rings. The molecule has 0 saturated carbocycles. The number of carbonyl (C=O) groups is 1. The number of hydrogen-bond donors (Lipinski definition) is 0. The summed E-state index contributed by atoms with van der Waals surface area (Å²) in [6.07, 6.45) is 4.36. The van der Waals surface area contributed by atoms with Gasteiger partial charge in [-0.05, 0) is 37.1 Å². The van der Waals surface area contributed by atoms with Gasteiger partial charge in [-0.2, -0.15) is 0 Å². The molecule has 1 heterocycles. The third kappa shape index (κ3) is 6.99. The van der Waals surface area contributed by atoms with E-state index in [-0.39, 0.29) is 0 Å². The molecule has 0 spiro atoms. The standard InChI is InChI=1S/C34H41N3O3/c1-5-7-21-36(24-26-19-20-31(39-3)29(23-26)34(38)40-4)25-30-32(27-15-11-9-12-16-27)35-33(37(30)22-8-6-2)28-17-13-10-14-18-28/h9-20,23H,5-8,21-22,24-25H2,1-4H3. The van der Waals surface area contributed by atoms with Crippen LogP contribution in [0.4, 0.5) is 0 Å². The van der Waals surface area contributed by atoms with Crippen molar-refractivity contribution in [3.63, 3.8) is 0 Å². The fourth-order valence-corrected chi connectivity index (χ4v) is 5.03. The van der Waals surface area contributed by atoms with Crippen LogP contribution in [-0.4, -0.2) is 41.2 Å². The van der Waals surface area contributed by atoms with Crippen molar-refractivity contribution in [3.05, 3.63) is 95.7 Å². The average Bonchev–Trinajstić information content (AvgIpc) is 3.36. The van der Waals surface area contributed by atoms with E-state index in [1.165, 1.54) is 12.8 Å². The zero-order valence-electron chi connectivity index (χ0n) is 24.2. The number of carbonyl (C=O) groups excluding carboxylic acids is 1. The van der Waals surface area contributed by atoms with E-state index in [4.69, 9.17) is 14.5 Å². The molecule has 6 heteroatoms. The highest BCUT2D eigenvalue weighted by Crippen LogP contribution is 2.32. The summed E-state index contributed by atoms with van der Waals surface area (Å²) in [5.74, 6) is 1.14. The molecule has 0 fully saturated rings. The number of esters is 1. The highest BCUT2D eigenvalue weighted by Gasteiger charge is 2.22. The molecule has 0 aliphatic heterocycles. The lowest BCUT2D eigenvalue weighted by molar-refractivity contribution is 0.0597. The monoisotopic (exact) mass is 539 g/mol. The van der Waals surface area contributed by atoms with Crippen molar-refractivity contribution in [3.8, 4) is 28.4 Å². The summed E-state index contributed by atoms with van der Waals surface area (Å²) in [4.78, 5) is 20.2. The summed E-state index contributed by atoms with van der Waals surface area (Å²) < 4.78 is 12.9. The summed E-state index contributed by atoms with van der Waals surface area (Å²) in [5.41, 5.74) is 5.99. The Morgan fingerprint density at radius 3 is 2.15 bits per heavy atom. The number of imidazole rings is 1. The zero-order valence-corrected chi connectivity index (χ0v) is 24.2. The molecule has 0 bridgehead atoms. The number of ether oxygens (including phenoxy) is 2. The largest absolute Gasteiger partial charge is 0.496 e. The molecule has 0 N–H and O–H groups in total. The van der Waals surface area contributed by atoms with Crippen LogP contribution in [0, 0.1) is 0 Å². The number of methoxy groups -OCH3 is 2. The van der Waals surface area contributed by atoms with E-state index in [1.54, 1.807) is 7.11 Å². The predicted octanol–water partition coefficient (Wildman–Crippen LogP) is 7.61. The fourth-order valence-electron chi connectivity index (χ4n) is 5.03. The van der Waals surface area contributed by atoms with Crippen LogP contribution in [0.15, 0.2) is 78.9 Å². The van der Waals surface area contributed by atoms with Crippen LogP contribution < -0.4 is 4.74 Å². The van der Waals surface area contributed by atoms with Crippen molar-refractivity contribution in [2.75, 3.05) is 20.8 Å². The second-order valence-electron chi connectivity index (χ2n) is 10.1. The predicted molar refractivity (Wildman–Crippen MR) is 161 cm³/mol. The fraction of sp³-hybridized carbons (Fsp3) is 0.353. The molecule has 0 aliphatic carbocycles. The topological polar surface area (TPSA) is 56.6 Å². The van der Waals surface area contributed by atoms with Gasteiger partial charge in [0.05, 0.1) is 25.6 Å². The van der Waals surface area contributed by atoms with Gasteiger partial charge in [-0.3, -0.25) is 4.90 Å². The van der Waals surface area contributed by atoms with Crippen molar-refractivity contribution in [1.29, 1.82) is 0 Å². The van der Waals surface area contributed by atoms with Gasteiger partial charge in [0.1, 0.15) is 17.1 Å². The minimum atomic E-state index is -0.393. The molecule has 1 aromatic heterocycles. The van der Waals surface area contributed by atoms with Crippen LogP contribution in [0.25, 0.3) is 22.6 Å². The van der Waals surface area contributed by atoms with Crippen LogP contribution in [0.5, 0.6) is 5.75 Å². The Bertz CT molecular complexity index is 1370. The third-order valence-electron chi connectivity index (χ3n) is 7.16. The molecule has 0 saturated heterocycles. The number of unbranched alkanes of at least 4 members (excludes halogenated alkanes) is 2. The summed E-state index contributed by atoms with van der Waals surface area (Å²) in [6, 6.07) is 26.8. The first-order valence-electron chi connectivity index (χ1n) is 14.3. The van der Waals surface area contributed by atoms with Crippen molar-refractivity contribution in [1.82, 2.24) is 14.5 Å². The second-order valence-corrected chi connectivity index (χ2v) is 10.1. The van der Waals surface area contributed by atoms with Gasteiger partial charge >= 0.3 is 5.97 Å². The second kappa shape index (κ2) is 14.5. The molecule has 210 valence electrons. The van der Waals surface area contributed by atoms with Crippen LogP contribution in [0.2, 0.25) is 0 Å². The van der Waals surface area contributed by atoms with E-state index in [9.17, 15) is 4.79 Å². The molecule has 0 aliphatic rings. The van der Waals surface area contributed by atoms with Crippen LogP contribution in [0.1, 0.15) is 61.1 Å². The molecule has 0 amide bonds. The number of nitrogens with zero attached hydrogens (tertiary/aromatic N) is 3. The number of rotatable bonds is 14. The first kappa shape index (κ1) is 29.1. The minimum absolute atomic E-state index is 0.393. The Morgan fingerprint density at radius 2 is 1.52 bits per heavy atom. The van der Waals surface area contributed by atoms with Gasteiger partial charge in [-0.15, -0.1) is 0 Å². The lowest BCUT2D eigenvalue weighted by Gasteiger charge is -2.24. The van der Waals surface area contributed by atoms with Crippen molar-refractivity contribution >= 4 is 5.97 Å². The minimum Gasteiger partial charge on any atom is -0.496 e. The van der Waals surface area contributed by atoms with Gasteiger partial charge in [-0.1, -0.05) is 93.4 Å². The first-order chi connectivity index (χ1) is 19.6. The molecule has 40 heavy (non-hydrogen) atoms. The van der Waals surface area contributed by atoms with Crippen molar-refractivity contribution in [2.24, 2.45) is 0 Å². The van der Waals surface area contributed by atoms with Gasteiger partial charge in [0, 0.05) is 30.8 Å². The average molecular weight is 540 g/mol. The van der Waals surface area contributed by atoms with E-state index < -0.39 is 5.97 Å². The summed E-state index contributed by atoms with van der Waals surface area (Å²) in [6.45, 7) is 7.73. The zero-order chi connectivity index (χ0) is 28.3. The Kier molecular flexibility index (Phi) is 10.5. The highest BCUT2D eigenvalue weighted by molar-refractivity contribution is 5.92. The molecular formula is C34H41N3O3. The van der Waals surface area contributed by atoms with E-state index >= 15 is 0 Å². The lowest BCUT2D eigenvalue weighted by atomic mass is 10.1. The molecule has 4 rings (SSSR count). The Labute approximate surface area is 238 Å². The summed E-state index contributed by atoms with van der Waals surface area (Å²) in [7, 11) is 2.97. The first-order valence-corrected chi connectivity index (χ1v) is 14.3. The smallest absolute Gasteiger partial charge is 0.341 e. The third-order valence-corrected chi connectivity index (χ3v) is 7.16. The van der Waals surface area contributed by atoms with Crippen molar-refractivity contribution < 1.29 is 14.3 Å². The molecule has 0 atom stereocenters. The molecule has 0 radical (unpaired) electrons. The molecular weight excluding hydrogens is 498 g/mol. The van der Waals surface area contributed by atoms with E-state index in [0.717, 1.165) is 73.5 Å². The summed E-state index contributed by atoms with van der Waals surface area (Å²) >= 11 is 0. The number of benzene rings is 3. The SMILES string of the molecule is CCCCN(Cc1ccc(OC)c(C(=O)OC)c1)Cc1c(-c2ccccc2)nc(-c2ccccc2)n1CCCC. The van der Waals surface area contributed by atoms with Gasteiger partial charge in [0.25, 0.3) is 0 Å². The van der Waals surface area contributed by atoms with Gasteiger partial charge in [0.2, 0.25) is 0 Å². The van der Waals surface area contributed by atoms with Crippen molar-refractivity contribution in [2.45, 2.75) is 59.2 Å². The number of aromatic nitrogens is 2. The van der Waals surface area contributed by atoms with E-state index in [2.05, 4.69) is 71.8 Å². The van der Waals surface area contributed by atoms with Crippen LogP contribution in [-0.2, 0) is 24.4 Å². The van der Waals surface area contributed by atoms with Gasteiger partial charge < -0.3 is 14.0 Å². The van der Waals surface area contributed by atoms with Crippen LogP contribution in [0.3, 0.4) is 0 Å². The molecule has 3 aromatic carbocycles. The quantitative estimate of drug-likeness (QED) is 0.154. The van der Waals surface area contributed by atoms with E-state index in [0.29, 0.717) is 17.9 Å². The molecule has 0 unspecified atom stereocenters. The Hall–Kier alpha value is -3.90. The van der Waals surface area contributed by atoms with Gasteiger partial charge in [0.15, 0.2) is 0 Å². The Balaban J connectivity index is 1.78. The maximum Gasteiger partial charge on any atom is 0.341 e. The van der Waals surface area contributed by atoms with Crippen LogP contribution >= 0.6 is 0 Å².